The van der Waals surface area contributed by atoms with Crippen molar-refractivity contribution >= 4 is 35.0 Å². The quantitative estimate of drug-likeness (QED) is 0.305. The fourth-order valence-electron chi connectivity index (χ4n) is 3.31. The Morgan fingerprint density at radius 3 is 2.62 bits per heavy atom. The Hall–Kier alpha value is -2.71. The fourth-order valence-corrected chi connectivity index (χ4v) is 4.34. The van der Waals surface area contributed by atoms with E-state index in [1.54, 1.807) is 4.68 Å². The molecule has 0 unspecified atom stereocenters. The first-order chi connectivity index (χ1) is 14.1. The normalized spacial score (nSPS) is 16.0. The first-order valence-corrected chi connectivity index (χ1v) is 10.6. The molecule has 4 rings (SSSR count). The van der Waals surface area contributed by atoms with E-state index in [-0.39, 0.29) is 5.88 Å². The van der Waals surface area contributed by atoms with E-state index in [1.165, 1.54) is 48.9 Å². The summed E-state index contributed by atoms with van der Waals surface area (Å²) in [6.45, 7) is 0. The number of hydrogen-bond donors (Lipinski definition) is 0. The molecular weight excluding hydrogens is 412 g/mol. The summed E-state index contributed by atoms with van der Waals surface area (Å²) in [6.07, 6.45) is 7.30. The highest BCUT2D eigenvalue weighted by Gasteiger charge is 2.15. The standard InChI is InChI=1S/C20H19ClN4O3S/c21-15-8-6-14(7-9-15)18-13-29-20(23-16-4-2-1-3-5-16)24(18)22-12-17-10-11-19(28-17)25(26)27/h6-13,16H,1-5H2. The third-order valence-corrected chi connectivity index (χ3v) is 5.87. The highest BCUT2D eigenvalue weighted by Crippen LogP contribution is 2.24. The smallest absolute Gasteiger partial charge is 0.400 e. The lowest BCUT2D eigenvalue weighted by Gasteiger charge is -2.16. The molecule has 0 bridgehead atoms. The molecule has 0 radical (unpaired) electrons. The summed E-state index contributed by atoms with van der Waals surface area (Å²) in [6, 6.07) is 10.7. The van der Waals surface area contributed by atoms with Crippen molar-refractivity contribution in [2.45, 2.75) is 38.1 Å². The Labute approximate surface area is 176 Å². The van der Waals surface area contributed by atoms with Crippen molar-refractivity contribution < 1.29 is 9.34 Å². The molecule has 3 aromatic rings. The molecule has 1 aliphatic carbocycles. The second-order valence-electron chi connectivity index (χ2n) is 6.82. The van der Waals surface area contributed by atoms with Crippen LogP contribution in [0.1, 0.15) is 37.9 Å². The van der Waals surface area contributed by atoms with Gasteiger partial charge in [-0.05, 0) is 31.0 Å². The zero-order chi connectivity index (χ0) is 20.2. The zero-order valence-corrected chi connectivity index (χ0v) is 17.1. The van der Waals surface area contributed by atoms with Crippen LogP contribution in [-0.4, -0.2) is 21.9 Å². The van der Waals surface area contributed by atoms with Crippen LogP contribution in [0, 0.1) is 10.1 Å². The molecule has 0 saturated heterocycles. The Morgan fingerprint density at radius 2 is 1.93 bits per heavy atom. The van der Waals surface area contributed by atoms with Gasteiger partial charge in [0.15, 0.2) is 5.76 Å². The molecule has 29 heavy (non-hydrogen) atoms. The van der Waals surface area contributed by atoms with Crippen molar-refractivity contribution in [1.29, 1.82) is 0 Å². The van der Waals surface area contributed by atoms with Gasteiger partial charge in [0.2, 0.25) is 4.80 Å². The minimum atomic E-state index is -0.571. The second kappa shape index (κ2) is 8.75. The summed E-state index contributed by atoms with van der Waals surface area (Å²) in [5, 5.41) is 18.0. The minimum Gasteiger partial charge on any atom is -0.400 e. The van der Waals surface area contributed by atoms with Gasteiger partial charge in [0, 0.05) is 16.0 Å². The predicted molar refractivity (Wildman–Crippen MR) is 114 cm³/mol. The van der Waals surface area contributed by atoms with Crippen LogP contribution in [0.2, 0.25) is 5.02 Å². The number of thiazole rings is 1. The summed E-state index contributed by atoms with van der Waals surface area (Å²) in [4.78, 5) is 16.0. The van der Waals surface area contributed by atoms with E-state index in [4.69, 9.17) is 21.0 Å². The van der Waals surface area contributed by atoms with Crippen molar-refractivity contribution in [3.63, 3.8) is 0 Å². The van der Waals surface area contributed by atoms with Gasteiger partial charge in [-0.2, -0.15) is 5.10 Å². The number of furan rings is 1. The van der Waals surface area contributed by atoms with E-state index in [0.29, 0.717) is 16.8 Å². The fraction of sp³-hybridized carbons (Fsp3) is 0.300. The predicted octanol–water partition coefficient (Wildman–Crippen LogP) is 5.49. The maximum atomic E-state index is 10.8. The average Bonchev–Trinajstić information content (AvgIpc) is 3.35. The zero-order valence-electron chi connectivity index (χ0n) is 15.5. The molecular formula is C20H19ClN4O3S. The average molecular weight is 431 g/mol. The van der Waals surface area contributed by atoms with E-state index in [9.17, 15) is 10.1 Å². The number of aromatic nitrogens is 1. The van der Waals surface area contributed by atoms with Crippen LogP contribution in [0.3, 0.4) is 0 Å². The molecule has 0 spiro atoms. The first kappa shape index (κ1) is 19.6. The van der Waals surface area contributed by atoms with Crippen LogP contribution in [0.5, 0.6) is 0 Å². The maximum absolute atomic E-state index is 10.8. The van der Waals surface area contributed by atoms with E-state index in [2.05, 4.69) is 5.10 Å². The van der Waals surface area contributed by atoms with Crippen molar-refractivity contribution in [2.75, 3.05) is 0 Å². The molecule has 9 heteroatoms. The van der Waals surface area contributed by atoms with Crippen LogP contribution in [-0.2, 0) is 0 Å². The number of nitrogens with zero attached hydrogens (tertiary/aromatic N) is 4. The maximum Gasteiger partial charge on any atom is 0.433 e. The van der Waals surface area contributed by atoms with Crippen LogP contribution < -0.4 is 4.80 Å². The number of rotatable bonds is 5. The van der Waals surface area contributed by atoms with Gasteiger partial charge in [0.05, 0.1) is 24.0 Å². The Bertz CT molecular complexity index is 1090. The van der Waals surface area contributed by atoms with E-state index < -0.39 is 4.92 Å². The molecule has 1 saturated carbocycles. The van der Waals surface area contributed by atoms with Gasteiger partial charge in [0.1, 0.15) is 4.92 Å². The summed E-state index contributed by atoms with van der Waals surface area (Å²) >= 11 is 7.55. The summed E-state index contributed by atoms with van der Waals surface area (Å²) in [7, 11) is 0. The molecule has 0 amide bonds. The van der Waals surface area contributed by atoms with Gasteiger partial charge < -0.3 is 4.42 Å². The summed E-state index contributed by atoms with van der Waals surface area (Å²) in [5.41, 5.74) is 1.83. The van der Waals surface area contributed by atoms with Gasteiger partial charge in [-0.15, -0.1) is 11.3 Å². The molecule has 2 aromatic heterocycles. The molecule has 1 fully saturated rings. The third-order valence-electron chi connectivity index (χ3n) is 4.79. The molecule has 1 aromatic carbocycles. The SMILES string of the molecule is O=[N+]([O-])c1ccc(C=Nn2c(-c3ccc(Cl)cc3)csc2=NC2CCCCC2)o1. The molecule has 0 atom stereocenters. The molecule has 0 N–H and O–H groups in total. The molecule has 1 aliphatic rings. The summed E-state index contributed by atoms with van der Waals surface area (Å²) < 4.78 is 6.95. The van der Waals surface area contributed by atoms with Crippen LogP contribution >= 0.6 is 22.9 Å². The first-order valence-electron chi connectivity index (χ1n) is 9.39. The van der Waals surface area contributed by atoms with Gasteiger partial charge in [0.25, 0.3) is 0 Å². The van der Waals surface area contributed by atoms with Crippen molar-refractivity contribution in [1.82, 2.24) is 4.68 Å². The third kappa shape index (κ3) is 4.65. The Kier molecular flexibility index (Phi) is 5.92. The summed E-state index contributed by atoms with van der Waals surface area (Å²) in [5.74, 6) is -0.00659. The van der Waals surface area contributed by atoms with Gasteiger partial charge in [-0.1, -0.05) is 43.0 Å². The lowest BCUT2D eigenvalue weighted by atomic mass is 9.96. The van der Waals surface area contributed by atoms with Gasteiger partial charge in [-0.3, -0.25) is 15.1 Å². The van der Waals surface area contributed by atoms with Gasteiger partial charge in [-0.25, -0.2) is 4.68 Å². The molecule has 2 heterocycles. The van der Waals surface area contributed by atoms with Crippen LogP contribution in [0.4, 0.5) is 5.88 Å². The molecule has 150 valence electrons. The second-order valence-corrected chi connectivity index (χ2v) is 8.09. The van der Waals surface area contributed by atoms with Crippen molar-refractivity contribution in [2.24, 2.45) is 10.1 Å². The van der Waals surface area contributed by atoms with Crippen LogP contribution in [0.25, 0.3) is 11.3 Å². The van der Waals surface area contributed by atoms with Gasteiger partial charge >= 0.3 is 5.88 Å². The Morgan fingerprint density at radius 1 is 1.17 bits per heavy atom. The molecule has 0 aliphatic heterocycles. The number of benzene rings is 1. The largest absolute Gasteiger partial charge is 0.433 e. The highest BCUT2D eigenvalue weighted by atomic mass is 35.5. The Balaban J connectivity index is 1.74. The van der Waals surface area contributed by atoms with Crippen molar-refractivity contribution in [3.05, 3.63) is 67.5 Å². The lowest BCUT2D eigenvalue weighted by Crippen LogP contribution is -2.18. The lowest BCUT2D eigenvalue weighted by molar-refractivity contribution is -0.402. The minimum absolute atomic E-state index is 0.298. The van der Waals surface area contributed by atoms with E-state index in [0.717, 1.165) is 28.9 Å². The number of hydrogen-bond acceptors (Lipinski definition) is 6. The van der Waals surface area contributed by atoms with E-state index >= 15 is 0 Å². The topological polar surface area (TPSA) is 85.9 Å². The van der Waals surface area contributed by atoms with Crippen molar-refractivity contribution in [3.8, 4) is 11.3 Å². The molecule has 7 nitrogen and oxygen atoms in total. The monoisotopic (exact) mass is 430 g/mol. The highest BCUT2D eigenvalue weighted by molar-refractivity contribution is 7.07. The van der Waals surface area contributed by atoms with E-state index in [1.807, 2.05) is 29.6 Å². The number of nitro groups is 1. The number of halogens is 1. The van der Waals surface area contributed by atoms with Crippen LogP contribution in [0.15, 0.2) is 56.3 Å².